The number of aliphatic imine (C=N–C) groups is 1. The van der Waals surface area contributed by atoms with E-state index in [2.05, 4.69) is 20.6 Å². The molecular formula is C33H37Cl2F2N7O2S. The lowest BCUT2D eigenvalue weighted by molar-refractivity contribution is 0.248. The summed E-state index contributed by atoms with van der Waals surface area (Å²) in [7, 11) is 1.55. The summed E-state index contributed by atoms with van der Waals surface area (Å²) in [5.74, 6) is -0.267. The Morgan fingerprint density at radius 1 is 1.11 bits per heavy atom. The van der Waals surface area contributed by atoms with Crippen molar-refractivity contribution in [1.29, 1.82) is 0 Å². The number of urea groups is 1. The maximum atomic E-state index is 15.4. The molecule has 0 bridgehead atoms. The lowest BCUT2D eigenvalue weighted by atomic mass is 9.81. The largest absolute Gasteiger partial charge is 0.495 e. The van der Waals surface area contributed by atoms with Crippen molar-refractivity contribution in [3.8, 4) is 11.4 Å². The zero-order valence-electron chi connectivity index (χ0n) is 26.4. The first-order valence-corrected chi connectivity index (χ1v) is 16.5. The molecule has 4 aromatic rings. The molecule has 9 nitrogen and oxygen atoms in total. The molecule has 1 aromatic heterocycles. The maximum absolute atomic E-state index is 15.4. The zero-order chi connectivity index (χ0) is 34.3. The molecular weight excluding hydrogens is 667 g/mol. The van der Waals surface area contributed by atoms with E-state index in [0.29, 0.717) is 41.0 Å². The molecule has 0 radical (unpaired) electrons. The molecule has 0 aliphatic heterocycles. The molecule has 3 aromatic carbocycles. The Morgan fingerprint density at radius 3 is 2.49 bits per heavy atom. The Morgan fingerprint density at radius 2 is 1.83 bits per heavy atom. The summed E-state index contributed by atoms with van der Waals surface area (Å²) in [5, 5.41) is 6.61. The van der Waals surface area contributed by atoms with Gasteiger partial charge in [0.25, 0.3) is 0 Å². The van der Waals surface area contributed by atoms with Crippen molar-refractivity contribution in [1.82, 2.24) is 14.9 Å². The third kappa shape index (κ3) is 9.09. The number of hydrogen-bond donors (Lipinski definition) is 4. The number of halogens is 4. The van der Waals surface area contributed by atoms with E-state index in [0.717, 1.165) is 11.3 Å². The first-order chi connectivity index (χ1) is 22.3. The number of carbonyl (C=O) groups excluding carboxylic acids is 1. The van der Waals surface area contributed by atoms with Crippen molar-refractivity contribution in [2.45, 2.75) is 56.0 Å². The van der Waals surface area contributed by atoms with Crippen molar-refractivity contribution in [2.75, 3.05) is 19.0 Å². The van der Waals surface area contributed by atoms with Crippen molar-refractivity contribution in [2.24, 2.45) is 16.5 Å². The van der Waals surface area contributed by atoms with Crippen LogP contribution in [-0.2, 0) is 11.2 Å². The molecule has 4 rings (SSSR count). The fourth-order valence-electron chi connectivity index (χ4n) is 4.93. The number of anilines is 1. The first kappa shape index (κ1) is 35.8. The molecule has 0 saturated heterocycles. The van der Waals surface area contributed by atoms with E-state index in [9.17, 15) is 9.18 Å². The highest BCUT2D eigenvalue weighted by molar-refractivity contribution is 7.98. The quantitative estimate of drug-likeness (QED) is 0.0490. The second-order valence-corrected chi connectivity index (χ2v) is 13.1. The van der Waals surface area contributed by atoms with Crippen LogP contribution in [0.3, 0.4) is 0 Å². The van der Waals surface area contributed by atoms with Gasteiger partial charge in [-0.2, -0.15) is 0 Å². The maximum Gasteiger partial charge on any atom is 0.319 e. The Hall–Kier alpha value is -4.00. The number of imidazole rings is 1. The van der Waals surface area contributed by atoms with Crippen LogP contribution in [0.5, 0.6) is 5.75 Å². The van der Waals surface area contributed by atoms with Crippen LogP contribution in [0.25, 0.3) is 5.69 Å². The predicted octanol–water partition coefficient (Wildman–Crippen LogP) is 7.65. The topological polar surface area (TPSA) is 133 Å². The van der Waals surface area contributed by atoms with Crippen molar-refractivity contribution in [3.63, 3.8) is 0 Å². The Labute approximate surface area is 287 Å². The van der Waals surface area contributed by atoms with Gasteiger partial charge in [0.05, 0.1) is 24.0 Å². The SMILES string of the molecule is COc1cc(C(C)(C)c2cnc(SCc3c(F)cc(NC(=O)N[C@H](C)CCCN=C(N)N)cc3Cl)n2-c2ccc(F)cc2)ccc1Cl. The van der Waals surface area contributed by atoms with E-state index >= 15 is 4.39 Å². The van der Waals surface area contributed by atoms with E-state index in [4.69, 9.17) is 39.4 Å². The molecule has 1 heterocycles. The monoisotopic (exact) mass is 703 g/mol. The molecule has 2 amide bonds. The number of thioether (sulfide) groups is 1. The summed E-state index contributed by atoms with van der Waals surface area (Å²) in [4.78, 5) is 21.1. The van der Waals surface area contributed by atoms with Crippen molar-refractivity contribution in [3.05, 3.63) is 99.3 Å². The van der Waals surface area contributed by atoms with Crippen LogP contribution in [0.15, 0.2) is 70.9 Å². The minimum Gasteiger partial charge on any atom is -0.495 e. The van der Waals surface area contributed by atoms with Crippen molar-refractivity contribution >= 4 is 52.6 Å². The van der Waals surface area contributed by atoms with Gasteiger partial charge in [-0.1, -0.05) is 54.9 Å². The number of amides is 2. The van der Waals surface area contributed by atoms with Gasteiger partial charge in [0.2, 0.25) is 0 Å². The fourth-order valence-corrected chi connectivity index (χ4v) is 6.51. The average Bonchev–Trinajstić information content (AvgIpc) is 3.44. The van der Waals surface area contributed by atoms with Crippen LogP contribution < -0.4 is 26.8 Å². The molecule has 1 atom stereocenters. The molecule has 0 unspecified atom stereocenters. The highest BCUT2D eigenvalue weighted by Crippen LogP contribution is 2.40. The minimum atomic E-state index is -0.598. The van der Waals surface area contributed by atoms with Crippen LogP contribution >= 0.6 is 35.0 Å². The smallest absolute Gasteiger partial charge is 0.319 e. The van der Waals surface area contributed by atoms with Gasteiger partial charge in [-0.25, -0.2) is 18.6 Å². The van der Waals surface area contributed by atoms with E-state index in [-0.39, 0.29) is 39.8 Å². The van der Waals surface area contributed by atoms with Gasteiger partial charge in [0.15, 0.2) is 11.1 Å². The molecule has 14 heteroatoms. The average molecular weight is 705 g/mol. The zero-order valence-corrected chi connectivity index (χ0v) is 28.7. The van der Waals surface area contributed by atoms with E-state index < -0.39 is 17.3 Å². The van der Waals surface area contributed by atoms with Crippen molar-refractivity contribution < 1.29 is 18.3 Å². The number of carbonyl (C=O) groups is 1. The van der Waals surface area contributed by atoms with E-state index in [1.807, 2.05) is 37.5 Å². The summed E-state index contributed by atoms with van der Waals surface area (Å²) < 4.78 is 36.7. The second kappa shape index (κ2) is 15.7. The van der Waals surface area contributed by atoms with Gasteiger partial charge in [0, 0.05) is 45.7 Å². The van der Waals surface area contributed by atoms with Gasteiger partial charge in [-0.15, -0.1) is 0 Å². The Bertz CT molecular complexity index is 1720. The number of hydrogen-bond acceptors (Lipinski definition) is 5. The van der Waals surface area contributed by atoms with Crippen LogP contribution in [0.4, 0.5) is 19.3 Å². The lowest BCUT2D eigenvalue weighted by Crippen LogP contribution is -2.36. The number of ether oxygens (including phenoxy) is 1. The first-order valence-electron chi connectivity index (χ1n) is 14.7. The Balaban J connectivity index is 1.54. The third-order valence-electron chi connectivity index (χ3n) is 7.54. The summed E-state index contributed by atoms with van der Waals surface area (Å²) in [6.07, 6.45) is 3.08. The standard InChI is InChI=1S/C33H37Cl2F2N7O2S/c1-19(6-5-13-40-30(38)39)42-31(45)43-22-15-26(35)24(27(37)16-22)18-47-32-41-17-29(44(32)23-10-8-21(36)9-11-23)33(2,3)20-7-12-25(34)28(14-20)46-4/h7-12,14-17,19H,5-6,13,18H2,1-4H3,(H4,38,39,40)(H2,42,43,45)/t19-/m1/s1. The van der Waals surface area contributed by atoms with Crippen LogP contribution in [0, 0.1) is 11.6 Å². The number of benzene rings is 3. The second-order valence-electron chi connectivity index (χ2n) is 11.4. The molecule has 0 aliphatic carbocycles. The summed E-state index contributed by atoms with van der Waals surface area (Å²) >= 11 is 14.1. The summed E-state index contributed by atoms with van der Waals surface area (Å²) in [6.45, 7) is 6.37. The van der Waals surface area contributed by atoms with Gasteiger partial charge in [-0.05, 0) is 73.9 Å². The third-order valence-corrected chi connectivity index (χ3v) is 9.17. The lowest BCUT2D eigenvalue weighted by Gasteiger charge is -2.28. The molecule has 6 N–H and O–H groups in total. The number of guanidine groups is 1. The van der Waals surface area contributed by atoms with Gasteiger partial charge < -0.3 is 26.8 Å². The van der Waals surface area contributed by atoms with Crippen LogP contribution in [0.1, 0.15) is 50.4 Å². The number of nitrogens with two attached hydrogens (primary N) is 2. The van der Waals surface area contributed by atoms with Gasteiger partial charge >= 0.3 is 6.03 Å². The number of aromatic nitrogens is 2. The van der Waals surface area contributed by atoms with E-state index in [1.165, 1.54) is 36.0 Å². The van der Waals surface area contributed by atoms with E-state index in [1.54, 1.807) is 31.5 Å². The molecule has 250 valence electrons. The normalized spacial score (nSPS) is 12.0. The van der Waals surface area contributed by atoms with Gasteiger partial charge in [-0.3, -0.25) is 9.56 Å². The molecule has 0 aliphatic rings. The number of methoxy groups -OCH3 is 1. The Kier molecular flexibility index (Phi) is 12.0. The number of nitrogens with one attached hydrogen (secondary N) is 2. The minimum absolute atomic E-state index is 0.0199. The summed E-state index contributed by atoms with van der Waals surface area (Å²) in [5.41, 5.74) is 12.9. The highest BCUT2D eigenvalue weighted by Gasteiger charge is 2.30. The molecule has 0 spiro atoms. The number of nitrogens with zero attached hydrogens (tertiary/aromatic N) is 3. The molecule has 47 heavy (non-hydrogen) atoms. The van der Waals surface area contributed by atoms with Gasteiger partial charge in [0.1, 0.15) is 17.4 Å². The summed E-state index contributed by atoms with van der Waals surface area (Å²) in [6, 6.07) is 13.7. The van der Waals surface area contributed by atoms with Crippen LogP contribution in [-0.4, -0.2) is 41.2 Å². The highest BCUT2D eigenvalue weighted by atomic mass is 35.5. The predicted molar refractivity (Wildman–Crippen MR) is 186 cm³/mol. The number of rotatable bonds is 13. The van der Waals surface area contributed by atoms with Crippen LogP contribution in [0.2, 0.25) is 10.0 Å². The molecule has 0 saturated carbocycles. The fraction of sp³-hybridized carbons (Fsp3) is 0.303. The molecule has 0 fully saturated rings.